The molecule has 0 aromatic heterocycles. The fraction of sp³-hybridized carbons (Fsp3) is 1.00. The quantitative estimate of drug-likeness (QED) is 0.256. The number of hydrogen-bond donors (Lipinski definition) is 2. The maximum atomic E-state index is 3.48. The molecule has 0 fully saturated rings. The zero-order valence-electron chi connectivity index (χ0n) is 18.6. The highest BCUT2D eigenvalue weighted by Gasteiger charge is 1.92. The van der Waals surface area contributed by atoms with Gasteiger partial charge in [0.1, 0.15) is 0 Å². The Morgan fingerprint density at radius 2 is 0.880 bits per heavy atom. The Hall–Kier alpha value is -0.0800. The predicted molar refractivity (Wildman–Crippen MR) is 118 cm³/mol. The molecule has 154 valence electrons. The van der Waals surface area contributed by atoms with E-state index in [4.69, 9.17) is 0 Å². The van der Waals surface area contributed by atoms with Crippen molar-refractivity contribution in [1.82, 2.24) is 10.6 Å². The molecule has 25 heavy (non-hydrogen) atoms. The third-order valence-electron chi connectivity index (χ3n) is 4.50. The molecule has 0 rings (SSSR count). The van der Waals surface area contributed by atoms with E-state index in [0.29, 0.717) is 6.04 Å². The van der Waals surface area contributed by atoms with Gasteiger partial charge in [-0.3, -0.25) is 0 Å². The summed E-state index contributed by atoms with van der Waals surface area (Å²) >= 11 is 0. The van der Waals surface area contributed by atoms with Gasteiger partial charge in [0.15, 0.2) is 0 Å². The third-order valence-corrected chi connectivity index (χ3v) is 4.50. The summed E-state index contributed by atoms with van der Waals surface area (Å²) in [6.45, 7) is 14.8. The van der Waals surface area contributed by atoms with E-state index in [9.17, 15) is 0 Å². The van der Waals surface area contributed by atoms with E-state index in [2.05, 4.69) is 45.3 Å². The molecule has 0 aliphatic heterocycles. The van der Waals surface area contributed by atoms with Gasteiger partial charge in [-0.2, -0.15) is 0 Å². The first-order chi connectivity index (χ1) is 12.2. The monoisotopic (exact) mass is 356 g/mol. The van der Waals surface area contributed by atoms with Crippen LogP contribution in [0, 0.1) is 0 Å². The molecule has 0 unspecified atom stereocenters. The van der Waals surface area contributed by atoms with E-state index in [-0.39, 0.29) is 0 Å². The minimum atomic E-state index is 0.653. The number of unbranched alkanes of at least 4 members (excludes halogenated alkanes) is 11. The molecule has 0 aromatic rings. The van der Waals surface area contributed by atoms with Gasteiger partial charge >= 0.3 is 0 Å². The zero-order valence-corrected chi connectivity index (χ0v) is 18.6. The van der Waals surface area contributed by atoms with Gasteiger partial charge in [-0.1, -0.05) is 105 Å². The van der Waals surface area contributed by atoms with Gasteiger partial charge < -0.3 is 10.6 Å². The van der Waals surface area contributed by atoms with Crippen molar-refractivity contribution >= 4 is 0 Å². The van der Waals surface area contributed by atoms with Crippen LogP contribution in [0.3, 0.4) is 0 Å². The van der Waals surface area contributed by atoms with Gasteiger partial charge in [0.25, 0.3) is 0 Å². The van der Waals surface area contributed by atoms with Crippen LogP contribution in [0.15, 0.2) is 0 Å². The number of rotatable bonds is 18. The lowest BCUT2D eigenvalue weighted by Crippen LogP contribution is -2.23. The Kier molecular flexibility index (Phi) is 28.4. The van der Waals surface area contributed by atoms with E-state index >= 15 is 0 Å². The Morgan fingerprint density at radius 1 is 0.480 bits per heavy atom. The van der Waals surface area contributed by atoms with Gasteiger partial charge in [-0.05, 0) is 38.9 Å². The normalized spacial score (nSPS) is 10.8. The highest BCUT2D eigenvalue weighted by atomic mass is 14.9. The molecule has 2 nitrogen and oxygen atoms in total. The van der Waals surface area contributed by atoms with Crippen LogP contribution in [0.4, 0.5) is 0 Å². The molecule has 2 heteroatoms. The molecular weight excluding hydrogens is 304 g/mol. The molecule has 0 heterocycles. The van der Waals surface area contributed by atoms with Crippen molar-refractivity contribution in [2.24, 2.45) is 0 Å². The van der Waals surface area contributed by atoms with Gasteiger partial charge in [-0.15, -0.1) is 0 Å². The van der Waals surface area contributed by atoms with E-state index in [1.165, 1.54) is 110 Å². The summed E-state index contributed by atoms with van der Waals surface area (Å²) in [5.41, 5.74) is 0. The smallest absolute Gasteiger partial charge is 0.00103 e. The first-order valence-electron chi connectivity index (χ1n) is 11.6. The molecule has 0 amide bonds. The standard InChI is InChI=1S/C12H27N.C11H25N/c1-3-5-7-8-9-10-12-13-11-6-4-2;1-4-5-6-7-8-9-10-12-11(2)3/h13H,3-12H2,1-2H3;11-12H,4-10H2,1-3H3. The van der Waals surface area contributed by atoms with Crippen LogP contribution >= 0.6 is 0 Å². The maximum Gasteiger partial charge on any atom is 0.00103 e. The van der Waals surface area contributed by atoms with Gasteiger partial charge in [0.05, 0.1) is 0 Å². The molecule has 0 saturated heterocycles. The summed E-state index contributed by atoms with van der Waals surface area (Å²) < 4.78 is 0. The molecule has 0 saturated carbocycles. The van der Waals surface area contributed by atoms with Crippen LogP contribution in [-0.4, -0.2) is 25.7 Å². The second kappa shape index (κ2) is 26.2. The SMILES string of the molecule is CCCCCCCCNC(C)C.CCCCCCCCNCCCC. The van der Waals surface area contributed by atoms with E-state index in [0.717, 1.165) is 0 Å². The topological polar surface area (TPSA) is 24.1 Å². The van der Waals surface area contributed by atoms with Crippen molar-refractivity contribution in [3.63, 3.8) is 0 Å². The number of nitrogens with one attached hydrogen (secondary N) is 2. The van der Waals surface area contributed by atoms with Crippen molar-refractivity contribution in [3.05, 3.63) is 0 Å². The first kappa shape index (κ1) is 27.1. The van der Waals surface area contributed by atoms with Crippen LogP contribution in [0.2, 0.25) is 0 Å². The van der Waals surface area contributed by atoms with Crippen LogP contribution in [0.5, 0.6) is 0 Å². The highest BCUT2D eigenvalue weighted by molar-refractivity contribution is 4.53. The summed E-state index contributed by atoms with van der Waals surface area (Å²) in [4.78, 5) is 0. The van der Waals surface area contributed by atoms with Crippen LogP contribution in [0.1, 0.15) is 125 Å². The second-order valence-corrected chi connectivity index (χ2v) is 7.75. The largest absolute Gasteiger partial charge is 0.317 e. The highest BCUT2D eigenvalue weighted by Crippen LogP contribution is 2.04. The molecular formula is C23H52N2. The van der Waals surface area contributed by atoms with Gasteiger partial charge in [-0.25, -0.2) is 0 Å². The van der Waals surface area contributed by atoms with Crippen LogP contribution < -0.4 is 10.6 Å². The minimum Gasteiger partial charge on any atom is -0.317 e. The molecule has 0 aliphatic carbocycles. The Labute approximate surface area is 161 Å². The second-order valence-electron chi connectivity index (χ2n) is 7.75. The molecule has 0 spiro atoms. The summed E-state index contributed by atoms with van der Waals surface area (Å²) in [7, 11) is 0. The maximum absolute atomic E-state index is 3.48. The Morgan fingerprint density at radius 3 is 1.36 bits per heavy atom. The summed E-state index contributed by atoms with van der Waals surface area (Å²) in [6.07, 6.45) is 19.4. The molecule has 0 bridgehead atoms. The summed E-state index contributed by atoms with van der Waals surface area (Å²) in [5.74, 6) is 0. The lowest BCUT2D eigenvalue weighted by molar-refractivity contribution is 0.535. The fourth-order valence-electron chi connectivity index (χ4n) is 2.75. The van der Waals surface area contributed by atoms with E-state index in [1.807, 2.05) is 0 Å². The van der Waals surface area contributed by atoms with Crippen molar-refractivity contribution in [2.75, 3.05) is 19.6 Å². The van der Waals surface area contributed by atoms with Gasteiger partial charge in [0.2, 0.25) is 0 Å². The average Bonchev–Trinajstić information content (AvgIpc) is 2.60. The van der Waals surface area contributed by atoms with Crippen molar-refractivity contribution in [1.29, 1.82) is 0 Å². The lowest BCUT2D eigenvalue weighted by atomic mass is 10.1. The van der Waals surface area contributed by atoms with Crippen molar-refractivity contribution in [3.8, 4) is 0 Å². The van der Waals surface area contributed by atoms with E-state index < -0.39 is 0 Å². The summed E-state index contributed by atoms with van der Waals surface area (Å²) in [6, 6.07) is 0.653. The number of hydrogen-bond acceptors (Lipinski definition) is 2. The van der Waals surface area contributed by atoms with Crippen LogP contribution in [0.25, 0.3) is 0 Å². The fourth-order valence-corrected chi connectivity index (χ4v) is 2.75. The van der Waals surface area contributed by atoms with E-state index in [1.54, 1.807) is 0 Å². The molecule has 2 N–H and O–H groups in total. The van der Waals surface area contributed by atoms with Crippen molar-refractivity contribution in [2.45, 2.75) is 131 Å². The van der Waals surface area contributed by atoms with Crippen molar-refractivity contribution < 1.29 is 0 Å². The molecule has 0 radical (unpaired) electrons. The minimum absolute atomic E-state index is 0.653. The third kappa shape index (κ3) is 32.1. The van der Waals surface area contributed by atoms with Gasteiger partial charge in [0, 0.05) is 6.04 Å². The molecule has 0 aromatic carbocycles. The average molecular weight is 357 g/mol. The Balaban J connectivity index is 0. The Bertz CT molecular complexity index is 194. The van der Waals surface area contributed by atoms with Crippen LogP contribution in [-0.2, 0) is 0 Å². The lowest BCUT2D eigenvalue weighted by Gasteiger charge is -2.06. The molecule has 0 aliphatic rings. The zero-order chi connectivity index (χ0) is 19.0. The predicted octanol–water partition coefficient (Wildman–Crippen LogP) is 7.08. The summed E-state index contributed by atoms with van der Waals surface area (Å²) in [5, 5.41) is 6.91. The first-order valence-corrected chi connectivity index (χ1v) is 11.6. The molecule has 0 atom stereocenters.